The number of anilines is 3. The summed E-state index contributed by atoms with van der Waals surface area (Å²) < 4.78 is 0. The van der Waals surface area contributed by atoms with Gasteiger partial charge in [0.25, 0.3) is 5.91 Å². The minimum Gasteiger partial charge on any atom is -0.372 e. The first-order valence-electron chi connectivity index (χ1n) is 10.2. The molecule has 3 aromatic rings. The molecular formula is C24H26N4O. The van der Waals surface area contributed by atoms with Crippen LogP contribution in [0.15, 0.2) is 72.9 Å². The van der Waals surface area contributed by atoms with Crippen LogP contribution in [0.25, 0.3) is 0 Å². The van der Waals surface area contributed by atoms with Gasteiger partial charge in [-0.15, -0.1) is 0 Å². The van der Waals surface area contributed by atoms with Crippen LogP contribution >= 0.6 is 0 Å². The molecular weight excluding hydrogens is 360 g/mol. The summed E-state index contributed by atoms with van der Waals surface area (Å²) in [5.74, 6) is -0.158. The molecule has 5 heteroatoms. The van der Waals surface area contributed by atoms with E-state index in [1.165, 1.54) is 24.1 Å². The maximum absolute atomic E-state index is 12.4. The van der Waals surface area contributed by atoms with E-state index in [2.05, 4.69) is 56.9 Å². The number of pyridine rings is 1. The molecule has 1 aliphatic rings. The number of aromatic nitrogens is 1. The average Bonchev–Trinajstić information content (AvgIpc) is 3.30. The van der Waals surface area contributed by atoms with Gasteiger partial charge in [-0.1, -0.05) is 30.3 Å². The van der Waals surface area contributed by atoms with Gasteiger partial charge in [0.15, 0.2) is 0 Å². The van der Waals surface area contributed by atoms with Gasteiger partial charge in [0.1, 0.15) is 5.69 Å². The zero-order valence-corrected chi connectivity index (χ0v) is 16.5. The number of benzene rings is 2. The number of hydrogen-bond acceptors (Lipinski definition) is 4. The van der Waals surface area contributed by atoms with Crippen LogP contribution in [0.1, 0.15) is 28.9 Å². The maximum Gasteiger partial charge on any atom is 0.269 e. The van der Waals surface area contributed by atoms with E-state index in [1.54, 1.807) is 12.3 Å². The van der Waals surface area contributed by atoms with E-state index in [-0.39, 0.29) is 5.91 Å². The quantitative estimate of drug-likeness (QED) is 0.632. The molecule has 148 valence electrons. The molecule has 0 aliphatic carbocycles. The maximum atomic E-state index is 12.4. The summed E-state index contributed by atoms with van der Waals surface area (Å²) >= 11 is 0. The van der Waals surface area contributed by atoms with Crippen LogP contribution in [0, 0.1) is 0 Å². The molecule has 5 nitrogen and oxygen atoms in total. The highest BCUT2D eigenvalue weighted by Gasteiger charge is 2.12. The lowest BCUT2D eigenvalue weighted by Gasteiger charge is -2.18. The predicted octanol–water partition coefficient (Wildman–Crippen LogP) is 4.40. The van der Waals surface area contributed by atoms with E-state index < -0.39 is 0 Å². The zero-order valence-electron chi connectivity index (χ0n) is 16.5. The molecule has 2 aromatic carbocycles. The molecule has 0 bridgehead atoms. The number of nitrogens with zero attached hydrogens (tertiary/aromatic N) is 2. The largest absolute Gasteiger partial charge is 0.372 e. The van der Waals surface area contributed by atoms with Crippen molar-refractivity contribution in [1.82, 2.24) is 10.3 Å². The summed E-state index contributed by atoms with van der Waals surface area (Å²) in [4.78, 5) is 19.0. The summed E-state index contributed by atoms with van der Waals surface area (Å²) in [5, 5.41) is 6.30. The highest BCUT2D eigenvalue weighted by Crippen LogP contribution is 2.24. The Balaban J connectivity index is 1.33. The number of nitrogens with one attached hydrogen (secondary N) is 2. The minimum atomic E-state index is -0.158. The summed E-state index contributed by atoms with van der Waals surface area (Å²) in [6.07, 6.45) is 5.00. The van der Waals surface area contributed by atoms with Crippen LogP contribution in [0.4, 0.5) is 17.1 Å². The van der Waals surface area contributed by atoms with Gasteiger partial charge in [-0.25, -0.2) is 0 Å². The Morgan fingerprint density at radius 2 is 1.69 bits per heavy atom. The van der Waals surface area contributed by atoms with E-state index in [0.717, 1.165) is 30.9 Å². The van der Waals surface area contributed by atoms with Crippen molar-refractivity contribution in [3.05, 3.63) is 84.2 Å². The smallest absolute Gasteiger partial charge is 0.269 e. The standard InChI is InChI=1S/C24H26N4O/c29-24(26-14-12-19-6-2-1-3-7-19)23-18-21(13-15-25-23)27-20-8-10-22(11-9-20)28-16-4-5-17-28/h1-3,6-11,13,15,18H,4-5,12,14,16-17H2,(H,25,27)(H,26,29). The van der Waals surface area contributed by atoms with Crippen LogP contribution in [0.3, 0.4) is 0 Å². The minimum absolute atomic E-state index is 0.158. The van der Waals surface area contributed by atoms with E-state index in [1.807, 2.05) is 24.3 Å². The van der Waals surface area contributed by atoms with Crippen molar-refractivity contribution in [3.8, 4) is 0 Å². The Kier molecular flexibility index (Phi) is 6.05. The zero-order chi connectivity index (χ0) is 19.9. The first kappa shape index (κ1) is 19.0. The van der Waals surface area contributed by atoms with Gasteiger partial charge in [-0.3, -0.25) is 9.78 Å². The van der Waals surface area contributed by atoms with Crippen LogP contribution in [-0.4, -0.2) is 30.5 Å². The molecule has 0 spiro atoms. The topological polar surface area (TPSA) is 57.3 Å². The SMILES string of the molecule is O=C(NCCc1ccccc1)c1cc(Nc2ccc(N3CCCC3)cc2)ccn1. The van der Waals surface area contributed by atoms with Crippen molar-refractivity contribution in [3.63, 3.8) is 0 Å². The van der Waals surface area contributed by atoms with Crippen molar-refractivity contribution in [2.24, 2.45) is 0 Å². The fourth-order valence-corrected chi connectivity index (χ4v) is 3.59. The molecule has 0 saturated carbocycles. The summed E-state index contributed by atoms with van der Waals surface area (Å²) in [6.45, 7) is 2.86. The molecule has 1 saturated heterocycles. The lowest BCUT2D eigenvalue weighted by Crippen LogP contribution is -2.26. The summed E-state index contributed by atoms with van der Waals surface area (Å²) in [6, 6.07) is 22.2. The van der Waals surface area contributed by atoms with Crippen LogP contribution in [0.5, 0.6) is 0 Å². The molecule has 0 atom stereocenters. The second-order valence-electron chi connectivity index (χ2n) is 7.29. The van der Waals surface area contributed by atoms with Gasteiger partial charge in [0.05, 0.1) is 0 Å². The second kappa shape index (κ2) is 9.24. The molecule has 0 unspecified atom stereocenters. The molecule has 4 rings (SSSR count). The Bertz CT molecular complexity index is 935. The van der Waals surface area contributed by atoms with E-state index >= 15 is 0 Å². The Morgan fingerprint density at radius 1 is 0.931 bits per heavy atom. The molecule has 29 heavy (non-hydrogen) atoms. The molecule has 1 amide bonds. The third-order valence-corrected chi connectivity index (χ3v) is 5.16. The molecule has 0 radical (unpaired) electrons. The number of hydrogen-bond donors (Lipinski definition) is 2. The Labute approximate surface area is 171 Å². The number of carbonyl (C=O) groups excluding carboxylic acids is 1. The van der Waals surface area contributed by atoms with Crippen molar-refractivity contribution in [2.75, 3.05) is 29.9 Å². The number of amides is 1. The second-order valence-corrected chi connectivity index (χ2v) is 7.29. The van der Waals surface area contributed by atoms with Crippen molar-refractivity contribution >= 4 is 23.0 Å². The van der Waals surface area contributed by atoms with E-state index in [9.17, 15) is 4.79 Å². The van der Waals surface area contributed by atoms with Crippen LogP contribution in [-0.2, 0) is 6.42 Å². The summed E-state index contributed by atoms with van der Waals surface area (Å²) in [7, 11) is 0. The Hall–Kier alpha value is -3.34. The molecule has 1 fully saturated rings. The average molecular weight is 386 g/mol. The first-order valence-corrected chi connectivity index (χ1v) is 10.2. The predicted molar refractivity (Wildman–Crippen MR) is 118 cm³/mol. The monoisotopic (exact) mass is 386 g/mol. The van der Waals surface area contributed by atoms with Crippen LogP contribution < -0.4 is 15.5 Å². The van der Waals surface area contributed by atoms with Gasteiger partial charge in [-0.2, -0.15) is 0 Å². The first-order chi connectivity index (χ1) is 14.3. The van der Waals surface area contributed by atoms with Gasteiger partial charge >= 0.3 is 0 Å². The molecule has 1 aliphatic heterocycles. The normalized spacial score (nSPS) is 13.3. The lowest BCUT2D eigenvalue weighted by atomic mass is 10.1. The van der Waals surface area contributed by atoms with Crippen molar-refractivity contribution in [2.45, 2.75) is 19.3 Å². The van der Waals surface area contributed by atoms with Crippen molar-refractivity contribution < 1.29 is 4.79 Å². The van der Waals surface area contributed by atoms with Gasteiger partial charge < -0.3 is 15.5 Å². The third kappa shape index (κ3) is 5.13. The molecule has 2 N–H and O–H groups in total. The highest BCUT2D eigenvalue weighted by atomic mass is 16.1. The number of carbonyl (C=O) groups is 1. The van der Waals surface area contributed by atoms with Gasteiger partial charge in [0, 0.05) is 42.9 Å². The third-order valence-electron chi connectivity index (χ3n) is 5.16. The fraction of sp³-hybridized carbons (Fsp3) is 0.250. The fourth-order valence-electron chi connectivity index (χ4n) is 3.59. The van der Waals surface area contributed by atoms with Crippen LogP contribution in [0.2, 0.25) is 0 Å². The van der Waals surface area contributed by atoms with E-state index in [0.29, 0.717) is 12.2 Å². The molecule has 2 heterocycles. The summed E-state index contributed by atoms with van der Waals surface area (Å²) in [5.41, 5.74) is 4.73. The van der Waals surface area contributed by atoms with Gasteiger partial charge in [-0.05, 0) is 61.2 Å². The van der Waals surface area contributed by atoms with E-state index in [4.69, 9.17) is 0 Å². The lowest BCUT2D eigenvalue weighted by molar-refractivity contribution is 0.0949. The highest BCUT2D eigenvalue weighted by molar-refractivity contribution is 5.93. The van der Waals surface area contributed by atoms with Crippen molar-refractivity contribution in [1.29, 1.82) is 0 Å². The number of rotatable bonds is 7. The molecule has 1 aromatic heterocycles. The Morgan fingerprint density at radius 3 is 2.45 bits per heavy atom. The van der Waals surface area contributed by atoms with Gasteiger partial charge in [0.2, 0.25) is 0 Å².